The van der Waals surface area contributed by atoms with Crippen molar-refractivity contribution in [3.63, 3.8) is 0 Å². The zero-order valence-electron chi connectivity index (χ0n) is 27.7. The van der Waals surface area contributed by atoms with E-state index in [-0.39, 0.29) is 30.8 Å². The number of anilines is 3. The zero-order valence-corrected chi connectivity index (χ0v) is 27.7. The summed E-state index contributed by atoms with van der Waals surface area (Å²) in [5, 5.41) is 12.1. The van der Waals surface area contributed by atoms with Crippen molar-refractivity contribution in [2.75, 3.05) is 29.6 Å². The number of carbonyl (C=O) groups excluding carboxylic acids is 3. The first kappa shape index (κ1) is 34.7. The van der Waals surface area contributed by atoms with Crippen LogP contribution in [0.5, 0.6) is 5.75 Å². The van der Waals surface area contributed by atoms with Gasteiger partial charge in [-0.05, 0) is 93.2 Å². The monoisotopic (exact) mass is 636 g/mol. The summed E-state index contributed by atoms with van der Waals surface area (Å²) >= 11 is 0. The van der Waals surface area contributed by atoms with Crippen LogP contribution in [0.4, 0.5) is 21.9 Å². The van der Waals surface area contributed by atoms with Crippen LogP contribution in [-0.2, 0) is 27.2 Å². The lowest BCUT2D eigenvalue weighted by Gasteiger charge is -2.23. The highest BCUT2D eigenvalue weighted by Gasteiger charge is 2.22. The molecule has 4 aromatic carbocycles. The SMILES string of the molecule is COc1cc(CC(=O)Nc2ccc(C(CC(=O)OC(C)(C)C)NCCc3ccccc3)cc2)ccc1NC(=O)Nc1ccccc1C. The Morgan fingerprint density at radius 2 is 1.45 bits per heavy atom. The molecule has 4 aromatic rings. The normalized spacial score (nSPS) is 11.7. The van der Waals surface area contributed by atoms with Gasteiger partial charge >= 0.3 is 12.0 Å². The standard InChI is InChI=1S/C38H44N4O5/c1-26-11-9-10-14-31(26)41-37(45)42-32-20-15-28(23-34(32)46-5)24-35(43)40-30-18-16-29(17-19-30)33(25-36(44)47-38(2,3)4)39-22-21-27-12-7-6-8-13-27/h6-20,23,33,39H,21-22,24-25H2,1-5H3,(H,40,43)(H2,41,42,45). The minimum atomic E-state index is -0.573. The molecule has 0 saturated carbocycles. The van der Waals surface area contributed by atoms with Crippen LogP contribution in [0.25, 0.3) is 0 Å². The van der Waals surface area contributed by atoms with Gasteiger partial charge < -0.3 is 30.7 Å². The number of hydrogen-bond acceptors (Lipinski definition) is 6. The van der Waals surface area contributed by atoms with E-state index in [1.54, 1.807) is 18.2 Å². The van der Waals surface area contributed by atoms with Crippen molar-refractivity contribution in [1.29, 1.82) is 0 Å². The van der Waals surface area contributed by atoms with Crippen LogP contribution in [0.15, 0.2) is 97.1 Å². The van der Waals surface area contributed by atoms with Gasteiger partial charge in [0.25, 0.3) is 0 Å². The maximum atomic E-state index is 12.9. The van der Waals surface area contributed by atoms with Crippen molar-refractivity contribution in [3.8, 4) is 5.75 Å². The van der Waals surface area contributed by atoms with E-state index < -0.39 is 11.6 Å². The molecule has 4 N–H and O–H groups in total. The molecule has 9 nitrogen and oxygen atoms in total. The molecule has 0 aliphatic rings. The van der Waals surface area contributed by atoms with Crippen LogP contribution in [-0.4, -0.2) is 37.2 Å². The van der Waals surface area contributed by atoms with Gasteiger partial charge in [-0.2, -0.15) is 0 Å². The summed E-state index contributed by atoms with van der Waals surface area (Å²) in [6.45, 7) is 8.17. The van der Waals surface area contributed by atoms with Crippen molar-refractivity contribution in [3.05, 3.63) is 119 Å². The minimum absolute atomic E-state index is 0.107. The van der Waals surface area contributed by atoms with Crippen molar-refractivity contribution in [2.45, 2.75) is 58.6 Å². The van der Waals surface area contributed by atoms with E-state index in [2.05, 4.69) is 33.4 Å². The second kappa shape index (κ2) is 16.4. The molecule has 4 rings (SSSR count). The molecule has 0 bridgehead atoms. The van der Waals surface area contributed by atoms with Gasteiger partial charge in [-0.15, -0.1) is 0 Å². The third kappa shape index (κ3) is 11.3. The Bertz CT molecular complexity index is 1650. The highest BCUT2D eigenvalue weighted by molar-refractivity contribution is 6.01. The molecule has 1 atom stereocenters. The Labute approximate surface area is 277 Å². The van der Waals surface area contributed by atoms with Crippen LogP contribution in [0, 0.1) is 6.92 Å². The van der Waals surface area contributed by atoms with Crippen molar-refractivity contribution >= 4 is 35.0 Å². The van der Waals surface area contributed by atoms with Crippen LogP contribution in [0.3, 0.4) is 0 Å². The average molecular weight is 637 g/mol. The summed E-state index contributed by atoms with van der Waals surface area (Å²) in [5.41, 5.74) is 5.05. The van der Waals surface area contributed by atoms with Crippen molar-refractivity contribution in [2.24, 2.45) is 0 Å². The van der Waals surface area contributed by atoms with E-state index in [1.807, 2.05) is 94.4 Å². The van der Waals surface area contributed by atoms with Gasteiger partial charge in [-0.25, -0.2) is 4.79 Å². The van der Waals surface area contributed by atoms with Crippen LogP contribution in [0.2, 0.25) is 0 Å². The molecular formula is C38H44N4O5. The number of benzene rings is 4. The number of urea groups is 1. The molecule has 1 unspecified atom stereocenters. The Kier molecular flexibility index (Phi) is 12.1. The predicted molar refractivity (Wildman–Crippen MR) is 187 cm³/mol. The summed E-state index contributed by atoms with van der Waals surface area (Å²) in [6, 6.07) is 29.7. The van der Waals surface area contributed by atoms with E-state index in [9.17, 15) is 14.4 Å². The third-order valence-electron chi connectivity index (χ3n) is 7.31. The fourth-order valence-corrected chi connectivity index (χ4v) is 5.02. The Hall–Kier alpha value is -5.15. The lowest BCUT2D eigenvalue weighted by molar-refractivity contribution is -0.155. The van der Waals surface area contributed by atoms with Gasteiger partial charge in [0, 0.05) is 17.4 Å². The molecule has 3 amide bonds. The summed E-state index contributed by atoms with van der Waals surface area (Å²) in [7, 11) is 1.51. The molecule has 0 heterocycles. The second-order valence-electron chi connectivity index (χ2n) is 12.3. The van der Waals surface area contributed by atoms with Gasteiger partial charge in [-0.1, -0.05) is 66.7 Å². The topological polar surface area (TPSA) is 118 Å². The number of esters is 1. The minimum Gasteiger partial charge on any atom is -0.495 e. The number of rotatable bonds is 13. The van der Waals surface area contributed by atoms with Gasteiger partial charge in [0.2, 0.25) is 5.91 Å². The first-order chi connectivity index (χ1) is 22.5. The maximum Gasteiger partial charge on any atom is 0.323 e. The lowest BCUT2D eigenvalue weighted by Crippen LogP contribution is -2.30. The Morgan fingerprint density at radius 1 is 0.766 bits per heavy atom. The summed E-state index contributed by atoms with van der Waals surface area (Å²) in [6.07, 6.45) is 1.11. The highest BCUT2D eigenvalue weighted by atomic mass is 16.6. The Morgan fingerprint density at radius 3 is 2.13 bits per heavy atom. The summed E-state index contributed by atoms with van der Waals surface area (Å²) in [5.74, 6) is -0.0462. The summed E-state index contributed by atoms with van der Waals surface area (Å²) < 4.78 is 11.1. The number of aryl methyl sites for hydroxylation is 1. The van der Waals surface area contributed by atoms with Crippen molar-refractivity contribution in [1.82, 2.24) is 5.32 Å². The molecule has 0 aliphatic heterocycles. The van der Waals surface area contributed by atoms with Gasteiger partial charge in [0.15, 0.2) is 0 Å². The number of carbonyl (C=O) groups is 3. The van der Waals surface area contributed by atoms with Gasteiger partial charge in [0.1, 0.15) is 11.4 Å². The second-order valence-corrected chi connectivity index (χ2v) is 12.3. The van der Waals surface area contributed by atoms with Gasteiger partial charge in [-0.3, -0.25) is 9.59 Å². The number of para-hydroxylation sites is 1. The largest absolute Gasteiger partial charge is 0.495 e. The predicted octanol–water partition coefficient (Wildman–Crippen LogP) is 7.43. The number of ether oxygens (including phenoxy) is 2. The number of hydrogen-bond donors (Lipinski definition) is 4. The molecule has 0 saturated heterocycles. The molecular weight excluding hydrogens is 592 g/mol. The molecule has 9 heteroatoms. The molecule has 47 heavy (non-hydrogen) atoms. The molecule has 246 valence electrons. The number of amides is 3. The van der Waals surface area contributed by atoms with Crippen LogP contribution >= 0.6 is 0 Å². The van der Waals surface area contributed by atoms with E-state index in [0.717, 1.165) is 23.1 Å². The van der Waals surface area contributed by atoms with Crippen molar-refractivity contribution < 1.29 is 23.9 Å². The van der Waals surface area contributed by atoms with Crippen LogP contribution < -0.4 is 26.0 Å². The molecule has 0 aliphatic carbocycles. The zero-order chi connectivity index (χ0) is 33.8. The molecule has 0 fully saturated rings. The lowest BCUT2D eigenvalue weighted by atomic mass is 10.0. The van der Waals surface area contributed by atoms with E-state index in [1.165, 1.54) is 12.7 Å². The van der Waals surface area contributed by atoms with E-state index in [4.69, 9.17) is 9.47 Å². The quantitative estimate of drug-likeness (QED) is 0.113. The molecule has 0 aromatic heterocycles. The van der Waals surface area contributed by atoms with E-state index >= 15 is 0 Å². The van der Waals surface area contributed by atoms with Gasteiger partial charge in [0.05, 0.1) is 25.6 Å². The molecule has 0 spiro atoms. The maximum absolute atomic E-state index is 12.9. The first-order valence-corrected chi connectivity index (χ1v) is 15.7. The smallest absolute Gasteiger partial charge is 0.323 e. The average Bonchev–Trinajstić information content (AvgIpc) is 3.02. The highest BCUT2D eigenvalue weighted by Crippen LogP contribution is 2.27. The fourth-order valence-electron chi connectivity index (χ4n) is 5.02. The first-order valence-electron chi connectivity index (χ1n) is 15.7. The van der Waals surface area contributed by atoms with Crippen LogP contribution in [0.1, 0.15) is 55.5 Å². The third-order valence-corrected chi connectivity index (χ3v) is 7.31. The number of methoxy groups -OCH3 is 1. The van der Waals surface area contributed by atoms with E-state index in [0.29, 0.717) is 29.4 Å². The molecule has 0 radical (unpaired) electrons. The fraction of sp³-hybridized carbons (Fsp3) is 0.289. The number of nitrogens with one attached hydrogen (secondary N) is 4. The summed E-state index contributed by atoms with van der Waals surface area (Å²) in [4.78, 5) is 38.2. The Balaban J connectivity index is 1.35.